The maximum Gasteiger partial charge on any atom is 0.356 e. The molecule has 0 radical (unpaired) electrons. The van der Waals surface area contributed by atoms with Gasteiger partial charge in [-0.15, -0.1) is 0 Å². The highest BCUT2D eigenvalue weighted by Crippen LogP contribution is 2.15. The second kappa shape index (κ2) is 4.85. The van der Waals surface area contributed by atoms with Crippen molar-refractivity contribution in [3.05, 3.63) is 53.6 Å². The molecular formula is C14H15N3O2. The van der Waals surface area contributed by atoms with E-state index in [9.17, 15) is 4.79 Å². The van der Waals surface area contributed by atoms with Gasteiger partial charge in [0.15, 0.2) is 5.69 Å². The Labute approximate surface area is 111 Å². The van der Waals surface area contributed by atoms with Gasteiger partial charge < -0.3 is 9.67 Å². The van der Waals surface area contributed by atoms with E-state index in [0.717, 1.165) is 25.5 Å². The monoisotopic (exact) mass is 257 g/mol. The molecule has 0 fully saturated rings. The first-order chi connectivity index (χ1) is 9.22. The van der Waals surface area contributed by atoms with Gasteiger partial charge in [-0.3, -0.25) is 4.90 Å². The number of hydrogen-bond donors (Lipinski definition) is 1. The standard InChI is InChI=1S/C14H15N3O2/c18-14(19)12-9-17-7-6-16(10-13(17)15-12)8-11-4-2-1-3-5-11/h1-5,9H,6-8,10H2,(H,18,19). The molecule has 0 aliphatic carbocycles. The largest absolute Gasteiger partial charge is 0.476 e. The maximum absolute atomic E-state index is 10.9. The van der Waals surface area contributed by atoms with Gasteiger partial charge in [0.1, 0.15) is 5.82 Å². The van der Waals surface area contributed by atoms with Gasteiger partial charge in [-0.25, -0.2) is 9.78 Å². The Morgan fingerprint density at radius 2 is 2.05 bits per heavy atom. The average molecular weight is 257 g/mol. The number of aromatic carboxylic acids is 1. The van der Waals surface area contributed by atoms with E-state index in [1.807, 2.05) is 22.8 Å². The highest BCUT2D eigenvalue weighted by Gasteiger charge is 2.20. The lowest BCUT2D eigenvalue weighted by Crippen LogP contribution is -2.33. The van der Waals surface area contributed by atoms with Crippen molar-refractivity contribution in [3.8, 4) is 0 Å². The van der Waals surface area contributed by atoms with Crippen LogP contribution in [0.3, 0.4) is 0 Å². The van der Waals surface area contributed by atoms with E-state index in [2.05, 4.69) is 22.0 Å². The summed E-state index contributed by atoms with van der Waals surface area (Å²) >= 11 is 0. The summed E-state index contributed by atoms with van der Waals surface area (Å²) in [5.74, 6) is -0.129. The molecule has 1 aliphatic rings. The van der Waals surface area contributed by atoms with E-state index in [0.29, 0.717) is 6.54 Å². The zero-order valence-corrected chi connectivity index (χ0v) is 10.5. The molecule has 98 valence electrons. The number of carboxylic acid groups (broad SMARTS) is 1. The first-order valence-corrected chi connectivity index (χ1v) is 6.28. The molecule has 1 aromatic carbocycles. The van der Waals surface area contributed by atoms with Crippen LogP contribution < -0.4 is 0 Å². The molecule has 0 saturated heterocycles. The third-order valence-corrected chi connectivity index (χ3v) is 3.35. The van der Waals surface area contributed by atoms with E-state index >= 15 is 0 Å². The molecule has 0 atom stereocenters. The van der Waals surface area contributed by atoms with Gasteiger partial charge in [0, 0.05) is 25.8 Å². The first kappa shape index (κ1) is 11.9. The molecule has 3 rings (SSSR count). The first-order valence-electron chi connectivity index (χ1n) is 6.28. The Morgan fingerprint density at radius 3 is 2.79 bits per heavy atom. The van der Waals surface area contributed by atoms with Crippen molar-refractivity contribution in [1.82, 2.24) is 14.5 Å². The molecule has 0 saturated carbocycles. The highest BCUT2D eigenvalue weighted by molar-refractivity contribution is 5.85. The third-order valence-electron chi connectivity index (χ3n) is 3.35. The van der Waals surface area contributed by atoms with Crippen molar-refractivity contribution in [2.24, 2.45) is 0 Å². The molecule has 0 amide bonds. The summed E-state index contributed by atoms with van der Waals surface area (Å²) < 4.78 is 1.94. The SMILES string of the molecule is O=C(O)c1cn2c(n1)CN(Cc1ccccc1)CC2. The van der Waals surface area contributed by atoms with Crippen molar-refractivity contribution in [1.29, 1.82) is 0 Å². The number of fused-ring (bicyclic) bond motifs is 1. The average Bonchev–Trinajstić information content (AvgIpc) is 2.83. The van der Waals surface area contributed by atoms with Gasteiger partial charge in [-0.2, -0.15) is 0 Å². The van der Waals surface area contributed by atoms with E-state index in [-0.39, 0.29) is 5.69 Å². The molecule has 1 aliphatic heterocycles. The number of imidazole rings is 1. The Bertz CT molecular complexity index is 592. The quantitative estimate of drug-likeness (QED) is 0.907. The van der Waals surface area contributed by atoms with Crippen molar-refractivity contribution >= 4 is 5.97 Å². The number of aromatic nitrogens is 2. The molecular weight excluding hydrogens is 242 g/mol. The van der Waals surface area contributed by atoms with Crippen LogP contribution in [0, 0.1) is 0 Å². The molecule has 1 N–H and O–H groups in total. The molecule has 0 spiro atoms. The Morgan fingerprint density at radius 1 is 1.26 bits per heavy atom. The van der Waals surface area contributed by atoms with Crippen LogP contribution in [-0.4, -0.2) is 32.1 Å². The van der Waals surface area contributed by atoms with E-state index in [1.165, 1.54) is 5.56 Å². The van der Waals surface area contributed by atoms with Crippen molar-refractivity contribution in [2.75, 3.05) is 6.54 Å². The molecule has 5 heteroatoms. The summed E-state index contributed by atoms with van der Waals surface area (Å²) in [6.45, 7) is 3.28. The van der Waals surface area contributed by atoms with Gasteiger partial charge in [-0.05, 0) is 5.56 Å². The van der Waals surface area contributed by atoms with Gasteiger partial charge in [-0.1, -0.05) is 30.3 Å². The number of hydrogen-bond acceptors (Lipinski definition) is 3. The van der Waals surface area contributed by atoms with Crippen LogP contribution in [0.5, 0.6) is 0 Å². The summed E-state index contributed by atoms with van der Waals surface area (Å²) in [7, 11) is 0. The van der Waals surface area contributed by atoms with Crippen LogP contribution in [0.1, 0.15) is 21.9 Å². The highest BCUT2D eigenvalue weighted by atomic mass is 16.4. The second-order valence-electron chi connectivity index (χ2n) is 4.74. The fourth-order valence-corrected chi connectivity index (χ4v) is 2.38. The Kier molecular flexibility index (Phi) is 3.05. The number of carbonyl (C=O) groups is 1. The van der Waals surface area contributed by atoms with Crippen molar-refractivity contribution < 1.29 is 9.90 Å². The zero-order valence-electron chi connectivity index (χ0n) is 10.5. The number of carboxylic acids is 1. The van der Waals surface area contributed by atoms with Gasteiger partial charge >= 0.3 is 5.97 Å². The van der Waals surface area contributed by atoms with Crippen molar-refractivity contribution in [2.45, 2.75) is 19.6 Å². The molecule has 2 heterocycles. The molecule has 2 aromatic rings. The van der Waals surface area contributed by atoms with Crippen LogP contribution in [0.25, 0.3) is 0 Å². The lowest BCUT2D eigenvalue weighted by atomic mass is 10.2. The summed E-state index contributed by atoms with van der Waals surface area (Å²) in [5.41, 5.74) is 1.40. The zero-order chi connectivity index (χ0) is 13.2. The fraction of sp³-hybridized carbons (Fsp3) is 0.286. The summed E-state index contributed by atoms with van der Waals surface area (Å²) in [6, 6.07) is 10.3. The van der Waals surface area contributed by atoms with Gasteiger partial charge in [0.25, 0.3) is 0 Å². The molecule has 0 unspecified atom stereocenters. The predicted octanol–water partition coefficient (Wildman–Crippen LogP) is 1.60. The van der Waals surface area contributed by atoms with Crippen LogP contribution in [0.2, 0.25) is 0 Å². The molecule has 1 aromatic heterocycles. The summed E-state index contributed by atoms with van der Waals surface area (Å²) in [5, 5.41) is 8.95. The molecule has 5 nitrogen and oxygen atoms in total. The third kappa shape index (κ3) is 2.51. The Hall–Kier alpha value is -2.14. The van der Waals surface area contributed by atoms with E-state index in [1.54, 1.807) is 6.20 Å². The normalized spacial score (nSPS) is 15.2. The minimum absolute atomic E-state index is 0.136. The number of rotatable bonds is 3. The number of nitrogens with zero attached hydrogens (tertiary/aromatic N) is 3. The second-order valence-corrected chi connectivity index (χ2v) is 4.74. The van der Waals surface area contributed by atoms with Gasteiger partial charge in [0.05, 0.1) is 6.54 Å². The van der Waals surface area contributed by atoms with Crippen molar-refractivity contribution in [3.63, 3.8) is 0 Å². The fourth-order valence-electron chi connectivity index (χ4n) is 2.38. The molecule has 19 heavy (non-hydrogen) atoms. The van der Waals surface area contributed by atoms with Crippen LogP contribution in [-0.2, 0) is 19.6 Å². The lowest BCUT2D eigenvalue weighted by molar-refractivity contribution is 0.0690. The summed E-state index contributed by atoms with van der Waals surface area (Å²) in [4.78, 5) is 17.3. The van der Waals surface area contributed by atoms with E-state index in [4.69, 9.17) is 5.11 Å². The minimum atomic E-state index is -0.962. The Balaban J connectivity index is 1.73. The minimum Gasteiger partial charge on any atom is -0.476 e. The van der Waals surface area contributed by atoms with E-state index < -0.39 is 5.97 Å². The topological polar surface area (TPSA) is 58.4 Å². The molecule has 0 bridgehead atoms. The smallest absolute Gasteiger partial charge is 0.356 e. The number of benzene rings is 1. The van der Waals surface area contributed by atoms with Gasteiger partial charge in [0.2, 0.25) is 0 Å². The van der Waals surface area contributed by atoms with Crippen LogP contribution in [0.15, 0.2) is 36.5 Å². The lowest BCUT2D eigenvalue weighted by Gasteiger charge is -2.27. The van der Waals surface area contributed by atoms with Crippen LogP contribution >= 0.6 is 0 Å². The predicted molar refractivity (Wildman–Crippen MR) is 69.7 cm³/mol. The summed E-state index contributed by atoms with van der Waals surface area (Å²) in [6.07, 6.45) is 1.62. The van der Waals surface area contributed by atoms with Crippen LogP contribution in [0.4, 0.5) is 0 Å². The maximum atomic E-state index is 10.9.